The predicted molar refractivity (Wildman–Crippen MR) is 120 cm³/mol. The number of amides is 3. The van der Waals surface area contributed by atoms with Gasteiger partial charge >= 0.3 is 5.97 Å². The first-order valence-corrected chi connectivity index (χ1v) is 11.7. The molecule has 10 nitrogen and oxygen atoms in total. The van der Waals surface area contributed by atoms with Crippen LogP contribution in [0.2, 0.25) is 0 Å². The molecule has 0 saturated carbocycles. The third-order valence-electron chi connectivity index (χ3n) is 5.21. The van der Waals surface area contributed by atoms with Crippen LogP contribution in [0.4, 0.5) is 0 Å². The number of nitrogens with zero attached hydrogens (tertiary/aromatic N) is 1. The summed E-state index contributed by atoms with van der Waals surface area (Å²) in [6.45, 7) is -0.147. The number of carboxylic acids is 1. The quantitative estimate of drug-likeness (QED) is 0.297. The molecule has 1 aromatic rings. The number of carboxylic acid groups (broad SMARTS) is 1. The minimum absolute atomic E-state index is 0.119. The van der Waals surface area contributed by atoms with Gasteiger partial charge in [-0.3, -0.25) is 19.2 Å². The average Bonchev–Trinajstić information content (AvgIpc) is 3.25. The highest BCUT2D eigenvalue weighted by atomic mass is 32.2. The molecule has 3 amide bonds. The molecule has 3 unspecified atom stereocenters. The van der Waals surface area contributed by atoms with Crippen LogP contribution in [-0.2, 0) is 25.6 Å². The second kappa shape index (κ2) is 12.3. The van der Waals surface area contributed by atoms with E-state index in [4.69, 9.17) is 10.8 Å². The topological polar surface area (TPSA) is 162 Å². The summed E-state index contributed by atoms with van der Waals surface area (Å²) in [6.07, 6.45) is 3.55. The van der Waals surface area contributed by atoms with Crippen LogP contribution in [0.25, 0.3) is 0 Å². The molecule has 11 heteroatoms. The predicted octanol–water partition coefficient (Wildman–Crippen LogP) is -0.308. The Morgan fingerprint density at radius 3 is 2.56 bits per heavy atom. The summed E-state index contributed by atoms with van der Waals surface area (Å²) in [6, 6.07) is 3.92. The van der Waals surface area contributed by atoms with Crippen molar-refractivity contribution in [1.29, 1.82) is 0 Å². The van der Waals surface area contributed by atoms with Gasteiger partial charge in [-0.1, -0.05) is 12.1 Å². The van der Waals surface area contributed by atoms with Crippen LogP contribution >= 0.6 is 11.8 Å². The van der Waals surface area contributed by atoms with E-state index in [1.54, 1.807) is 12.1 Å². The van der Waals surface area contributed by atoms with Crippen molar-refractivity contribution in [1.82, 2.24) is 15.5 Å². The number of phenolic OH excluding ortho intramolecular Hbond substituents is 1. The molecule has 0 spiro atoms. The number of hydrogen-bond donors (Lipinski definition) is 5. The van der Waals surface area contributed by atoms with Crippen molar-refractivity contribution in [3.63, 3.8) is 0 Å². The van der Waals surface area contributed by atoms with E-state index >= 15 is 0 Å². The van der Waals surface area contributed by atoms with Gasteiger partial charge in [0, 0.05) is 6.54 Å². The van der Waals surface area contributed by atoms with Gasteiger partial charge in [0.1, 0.15) is 24.4 Å². The Labute approximate surface area is 190 Å². The number of aromatic hydroxyl groups is 1. The average molecular weight is 467 g/mol. The normalized spacial score (nSPS) is 17.4. The van der Waals surface area contributed by atoms with Crippen LogP contribution in [0, 0.1) is 0 Å². The molecule has 1 aromatic carbocycles. The number of rotatable bonds is 11. The van der Waals surface area contributed by atoms with Crippen LogP contribution in [0.5, 0.6) is 5.75 Å². The van der Waals surface area contributed by atoms with Gasteiger partial charge in [0.15, 0.2) is 0 Å². The largest absolute Gasteiger partial charge is 0.508 e. The fraction of sp³-hybridized carbons (Fsp3) is 0.524. The first-order valence-electron chi connectivity index (χ1n) is 10.4. The Balaban J connectivity index is 2.01. The smallest absolute Gasteiger partial charge is 0.322 e. The lowest BCUT2D eigenvalue weighted by atomic mass is 10.0. The van der Waals surface area contributed by atoms with Crippen molar-refractivity contribution >= 4 is 35.5 Å². The lowest BCUT2D eigenvalue weighted by Crippen LogP contribution is -2.55. The molecule has 0 aliphatic carbocycles. The molecule has 32 heavy (non-hydrogen) atoms. The SMILES string of the molecule is CSCCC(NC(=O)C1CCCN1C(=O)C(N)Cc1ccc(O)cc1)C(=O)NCC(=O)O. The number of nitrogens with one attached hydrogen (secondary N) is 2. The second-order valence-electron chi connectivity index (χ2n) is 7.62. The third kappa shape index (κ3) is 7.41. The van der Waals surface area contributed by atoms with Crippen molar-refractivity contribution < 1.29 is 29.4 Å². The first-order chi connectivity index (χ1) is 15.2. The lowest BCUT2D eigenvalue weighted by Gasteiger charge is -2.28. The molecule has 1 fully saturated rings. The molecule has 1 heterocycles. The minimum Gasteiger partial charge on any atom is -0.508 e. The van der Waals surface area contributed by atoms with E-state index in [9.17, 15) is 24.3 Å². The number of hydrogen-bond acceptors (Lipinski definition) is 7. The summed E-state index contributed by atoms with van der Waals surface area (Å²) < 4.78 is 0. The maximum absolute atomic E-state index is 12.9. The number of phenols is 1. The van der Waals surface area contributed by atoms with Crippen LogP contribution in [-0.4, -0.2) is 82.0 Å². The van der Waals surface area contributed by atoms with E-state index in [1.807, 2.05) is 6.26 Å². The maximum atomic E-state index is 12.9. The van der Waals surface area contributed by atoms with Gasteiger partial charge in [-0.15, -0.1) is 0 Å². The van der Waals surface area contributed by atoms with E-state index in [2.05, 4.69) is 10.6 Å². The van der Waals surface area contributed by atoms with Gasteiger partial charge in [0.2, 0.25) is 17.7 Å². The summed E-state index contributed by atoms with van der Waals surface area (Å²) in [5, 5.41) is 23.1. The van der Waals surface area contributed by atoms with E-state index < -0.39 is 42.5 Å². The zero-order valence-corrected chi connectivity index (χ0v) is 18.8. The van der Waals surface area contributed by atoms with Gasteiger partial charge < -0.3 is 31.5 Å². The Bertz CT molecular complexity index is 819. The highest BCUT2D eigenvalue weighted by Crippen LogP contribution is 2.20. The van der Waals surface area contributed by atoms with Crippen LogP contribution in [0.3, 0.4) is 0 Å². The number of benzene rings is 1. The molecule has 1 aliphatic heterocycles. The summed E-state index contributed by atoms with van der Waals surface area (Å²) in [5.74, 6) is -1.85. The molecule has 176 valence electrons. The molecular formula is C21H30N4O6S. The molecule has 3 atom stereocenters. The standard InChI is InChI=1S/C21H30N4O6S/c1-32-10-8-16(19(29)23-12-18(27)28)24-20(30)17-3-2-9-25(17)21(31)15(22)11-13-4-6-14(26)7-5-13/h4-7,15-17,26H,2-3,8-12,22H2,1H3,(H,23,29)(H,24,30)(H,27,28). The van der Waals surface area contributed by atoms with E-state index in [1.165, 1.54) is 28.8 Å². The van der Waals surface area contributed by atoms with Gasteiger partial charge in [0.25, 0.3) is 0 Å². The zero-order chi connectivity index (χ0) is 23.7. The summed E-state index contributed by atoms with van der Waals surface area (Å²) in [5.41, 5.74) is 6.89. The van der Waals surface area contributed by atoms with E-state index in [-0.39, 0.29) is 18.1 Å². The van der Waals surface area contributed by atoms with Crippen molar-refractivity contribution in [3.05, 3.63) is 29.8 Å². The minimum atomic E-state index is -1.18. The first kappa shape index (κ1) is 25.5. The van der Waals surface area contributed by atoms with Gasteiger partial charge in [-0.2, -0.15) is 11.8 Å². The molecule has 6 N–H and O–H groups in total. The maximum Gasteiger partial charge on any atom is 0.322 e. The molecular weight excluding hydrogens is 436 g/mol. The number of aliphatic carboxylic acids is 1. The fourth-order valence-corrected chi connectivity index (χ4v) is 4.02. The van der Waals surface area contributed by atoms with Crippen LogP contribution in [0.1, 0.15) is 24.8 Å². The third-order valence-corrected chi connectivity index (χ3v) is 5.85. The second-order valence-corrected chi connectivity index (χ2v) is 8.61. The highest BCUT2D eigenvalue weighted by Gasteiger charge is 2.37. The molecule has 0 radical (unpaired) electrons. The van der Waals surface area contributed by atoms with E-state index in [0.717, 1.165) is 5.56 Å². The van der Waals surface area contributed by atoms with Crippen LogP contribution in [0.15, 0.2) is 24.3 Å². The number of carbonyl (C=O) groups excluding carboxylic acids is 3. The molecule has 1 saturated heterocycles. The number of carbonyl (C=O) groups is 4. The van der Waals surface area contributed by atoms with Crippen molar-refractivity contribution in [2.45, 2.75) is 43.8 Å². The number of thioether (sulfide) groups is 1. The van der Waals surface area contributed by atoms with Crippen molar-refractivity contribution in [2.24, 2.45) is 5.73 Å². The van der Waals surface area contributed by atoms with Crippen LogP contribution < -0.4 is 16.4 Å². The molecule has 1 aliphatic rings. The Morgan fingerprint density at radius 1 is 1.25 bits per heavy atom. The molecule has 0 aromatic heterocycles. The molecule has 2 rings (SSSR count). The van der Waals surface area contributed by atoms with Gasteiger partial charge in [0.05, 0.1) is 6.04 Å². The number of likely N-dealkylation sites (tertiary alicyclic amines) is 1. The summed E-state index contributed by atoms with van der Waals surface area (Å²) >= 11 is 1.50. The Morgan fingerprint density at radius 2 is 1.94 bits per heavy atom. The lowest BCUT2D eigenvalue weighted by molar-refractivity contribution is -0.141. The summed E-state index contributed by atoms with van der Waals surface area (Å²) in [4.78, 5) is 50.4. The Kier molecular flexibility index (Phi) is 9.79. The Hall–Kier alpha value is -2.79. The van der Waals surface area contributed by atoms with E-state index in [0.29, 0.717) is 31.6 Å². The monoisotopic (exact) mass is 466 g/mol. The molecule has 0 bridgehead atoms. The summed E-state index contributed by atoms with van der Waals surface area (Å²) in [7, 11) is 0. The zero-order valence-electron chi connectivity index (χ0n) is 18.0. The fourth-order valence-electron chi connectivity index (χ4n) is 3.55. The van der Waals surface area contributed by atoms with Crippen molar-refractivity contribution in [2.75, 3.05) is 25.1 Å². The van der Waals surface area contributed by atoms with Gasteiger partial charge in [-0.25, -0.2) is 0 Å². The van der Waals surface area contributed by atoms with Gasteiger partial charge in [-0.05, 0) is 55.4 Å². The number of nitrogens with two attached hydrogens (primary N) is 1. The highest BCUT2D eigenvalue weighted by molar-refractivity contribution is 7.98. The van der Waals surface area contributed by atoms with Crippen molar-refractivity contribution in [3.8, 4) is 5.75 Å².